The quantitative estimate of drug-likeness (QED) is 0.844. The predicted octanol–water partition coefficient (Wildman–Crippen LogP) is 1.45. The lowest BCUT2D eigenvalue weighted by Crippen LogP contribution is -2.30. The molecule has 1 aliphatic rings. The molecular weight excluding hydrogens is 242 g/mol. The number of carbonyl (C=O) groups is 2. The molecule has 5 nitrogen and oxygen atoms in total. The van der Waals surface area contributed by atoms with E-state index >= 15 is 0 Å². The largest absolute Gasteiger partial charge is 0.347 e. The van der Waals surface area contributed by atoms with E-state index in [1.807, 2.05) is 30.3 Å². The highest BCUT2D eigenvalue weighted by Crippen LogP contribution is 2.30. The minimum atomic E-state index is -0.358. The van der Waals surface area contributed by atoms with Gasteiger partial charge < -0.3 is 4.98 Å². The highest BCUT2D eigenvalue weighted by Gasteiger charge is 2.39. The molecule has 1 aromatic heterocycles. The van der Waals surface area contributed by atoms with Crippen molar-refractivity contribution in [1.82, 2.24) is 14.9 Å². The van der Waals surface area contributed by atoms with Crippen molar-refractivity contribution in [2.24, 2.45) is 0 Å². The second-order valence-corrected chi connectivity index (χ2v) is 4.52. The van der Waals surface area contributed by atoms with E-state index in [-0.39, 0.29) is 30.7 Å². The summed E-state index contributed by atoms with van der Waals surface area (Å²) in [5, 5.41) is 0. The Kier molecular flexibility index (Phi) is 2.87. The van der Waals surface area contributed by atoms with Crippen molar-refractivity contribution >= 4 is 11.8 Å². The van der Waals surface area contributed by atoms with Gasteiger partial charge in [0.25, 0.3) is 0 Å². The first-order valence-electron chi connectivity index (χ1n) is 6.13. The summed E-state index contributed by atoms with van der Waals surface area (Å²) in [7, 11) is 0. The number of imide groups is 1. The number of amides is 2. The van der Waals surface area contributed by atoms with Gasteiger partial charge in [0.2, 0.25) is 11.8 Å². The van der Waals surface area contributed by atoms with Gasteiger partial charge in [-0.1, -0.05) is 30.3 Å². The third kappa shape index (κ3) is 2.14. The number of benzene rings is 1. The summed E-state index contributed by atoms with van der Waals surface area (Å²) < 4.78 is 0. The Bertz CT molecular complexity index is 592. The van der Waals surface area contributed by atoms with Crippen molar-refractivity contribution in [3.63, 3.8) is 0 Å². The van der Waals surface area contributed by atoms with Crippen LogP contribution in [0.1, 0.15) is 23.7 Å². The molecule has 0 radical (unpaired) electrons. The zero-order valence-corrected chi connectivity index (χ0v) is 10.2. The molecule has 2 heterocycles. The Morgan fingerprint density at radius 1 is 1.26 bits per heavy atom. The first-order chi connectivity index (χ1) is 9.25. The molecule has 1 atom stereocenters. The van der Waals surface area contributed by atoms with E-state index < -0.39 is 0 Å². The predicted molar refractivity (Wildman–Crippen MR) is 67.9 cm³/mol. The number of nitrogens with one attached hydrogen (secondary N) is 1. The molecule has 2 amide bonds. The summed E-state index contributed by atoms with van der Waals surface area (Å²) in [5.74, 6) is -0.0260. The van der Waals surface area contributed by atoms with Crippen molar-refractivity contribution in [3.8, 4) is 0 Å². The van der Waals surface area contributed by atoms with Crippen molar-refractivity contribution in [2.75, 3.05) is 0 Å². The number of likely N-dealkylation sites (tertiary alicyclic amines) is 1. The topological polar surface area (TPSA) is 66.1 Å². The number of hydrogen-bond donors (Lipinski definition) is 1. The smallest absolute Gasteiger partial charge is 0.237 e. The number of H-pyrrole nitrogens is 1. The van der Waals surface area contributed by atoms with Gasteiger partial charge in [-0.3, -0.25) is 14.5 Å². The van der Waals surface area contributed by atoms with E-state index in [1.165, 1.54) is 4.90 Å². The number of aromatic amines is 1. The molecule has 19 heavy (non-hydrogen) atoms. The maximum absolute atomic E-state index is 12.3. The fraction of sp³-hybridized carbons (Fsp3) is 0.214. The van der Waals surface area contributed by atoms with Crippen LogP contribution in [-0.2, 0) is 16.1 Å². The van der Waals surface area contributed by atoms with Gasteiger partial charge >= 0.3 is 0 Å². The number of nitrogens with zero attached hydrogens (tertiary/aromatic N) is 2. The lowest BCUT2D eigenvalue weighted by Gasteiger charge is -2.13. The lowest BCUT2D eigenvalue weighted by atomic mass is 9.98. The lowest BCUT2D eigenvalue weighted by molar-refractivity contribution is -0.139. The van der Waals surface area contributed by atoms with Crippen LogP contribution in [0.3, 0.4) is 0 Å². The molecule has 0 aliphatic carbocycles. The zero-order chi connectivity index (χ0) is 13.2. The molecule has 0 bridgehead atoms. The number of aromatic nitrogens is 2. The van der Waals surface area contributed by atoms with Gasteiger partial charge in [-0.25, -0.2) is 4.98 Å². The normalized spacial score (nSPS) is 19.2. The second-order valence-electron chi connectivity index (χ2n) is 4.52. The number of carbonyl (C=O) groups excluding carboxylic acids is 2. The van der Waals surface area contributed by atoms with Crippen molar-refractivity contribution in [2.45, 2.75) is 18.9 Å². The number of imidazole rings is 1. The van der Waals surface area contributed by atoms with Crippen LogP contribution >= 0.6 is 0 Å². The van der Waals surface area contributed by atoms with Gasteiger partial charge in [0, 0.05) is 18.8 Å². The summed E-state index contributed by atoms with van der Waals surface area (Å²) >= 11 is 0. The Morgan fingerprint density at radius 2 is 2.05 bits per heavy atom. The van der Waals surface area contributed by atoms with Crippen LogP contribution in [-0.4, -0.2) is 26.7 Å². The van der Waals surface area contributed by atoms with Gasteiger partial charge in [0.1, 0.15) is 5.82 Å². The molecule has 1 N–H and O–H groups in total. The summed E-state index contributed by atoms with van der Waals surface area (Å²) in [4.78, 5) is 32.5. The summed E-state index contributed by atoms with van der Waals surface area (Å²) in [6, 6.07) is 9.41. The zero-order valence-electron chi connectivity index (χ0n) is 10.2. The van der Waals surface area contributed by atoms with Crippen LogP contribution in [0.4, 0.5) is 0 Å². The molecule has 1 aromatic carbocycles. The van der Waals surface area contributed by atoms with E-state index in [2.05, 4.69) is 9.97 Å². The van der Waals surface area contributed by atoms with Crippen LogP contribution in [0.5, 0.6) is 0 Å². The third-order valence-corrected chi connectivity index (χ3v) is 3.31. The Morgan fingerprint density at radius 3 is 2.74 bits per heavy atom. The maximum atomic E-state index is 12.3. The number of hydrogen-bond acceptors (Lipinski definition) is 3. The van der Waals surface area contributed by atoms with Gasteiger partial charge in [-0.15, -0.1) is 0 Å². The summed E-state index contributed by atoms with van der Waals surface area (Å²) in [5.41, 5.74) is 0.891. The molecule has 96 valence electrons. The van der Waals surface area contributed by atoms with Gasteiger partial charge in [-0.05, 0) is 5.56 Å². The van der Waals surface area contributed by atoms with E-state index in [9.17, 15) is 9.59 Å². The fourth-order valence-corrected chi connectivity index (χ4v) is 2.33. The SMILES string of the molecule is O=C1CC(c2ccccc2)C(=O)N1Cc1ncc[nH]1. The van der Waals surface area contributed by atoms with Crippen molar-refractivity contribution in [1.29, 1.82) is 0 Å². The molecule has 1 fully saturated rings. The molecule has 1 aliphatic heterocycles. The van der Waals surface area contributed by atoms with E-state index in [0.29, 0.717) is 5.82 Å². The number of rotatable bonds is 3. The fourth-order valence-electron chi connectivity index (χ4n) is 2.33. The summed E-state index contributed by atoms with van der Waals surface area (Å²) in [6.45, 7) is 0.216. The molecule has 0 spiro atoms. The highest BCUT2D eigenvalue weighted by molar-refractivity contribution is 6.06. The average molecular weight is 255 g/mol. The van der Waals surface area contributed by atoms with E-state index in [1.54, 1.807) is 12.4 Å². The second kappa shape index (κ2) is 4.68. The van der Waals surface area contributed by atoms with Crippen LogP contribution < -0.4 is 0 Å². The van der Waals surface area contributed by atoms with Crippen LogP contribution in [0, 0.1) is 0 Å². The van der Waals surface area contributed by atoms with E-state index in [4.69, 9.17) is 0 Å². The molecule has 1 unspecified atom stereocenters. The first-order valence-corrected chi connectivity index (χ1v) is 6.13. The van der Waals surface area contributed by atoms with Crippen LogP contribution in [0.15, 0.2) is 42.7 Å². The third-order valence-electron chi connectivity index (χ3n) is 3.31. The van der Waals surface area contributed by atoms with Crippen LogP contribution in [0.2, 0.25) is 0 Å². The minimum absolute atomic E-state index is 0.143. The van der Waals surface area contributed by atoms with Gasteiger partial charge in [0.15, 0.2) is 0 Å². The maximum Gasteiger partial charge on any atom is 0.237 e. The van der Waals surface area contributed by atoms with E-state index in [0.717, 1.165) is 5.56 Å². The minimum Gasteiger partial charge on any atom is -0.347 e. The average Bonchev–Trinajstić information content (AvgIpc) is 3.03. The molecule has 5 heteroatoms. The summed E-state index contributed by atoms with van der Waals surface area (Å²) in [6.07, 6.45) is 3.52. The van der Waals surface area contributed by atoms with Gasteiger partial charge in [0.05, 0.1) is 12.5 Å². The molecule has 0 saturated carbocycles. The molecule has 3 rings (SSSR count). The van der Waals surface area contributed by atoms with Crippen molar-refractivity contribution < 1.29 is 9.59 Å². The first kappa shape index (κ1) is 11.6. The molecule has 1 saturated heterocycles. The highest BCUT2D eigenvalue weighted by atomic mass is 16.2. The van der Waals surface area contributed by atoms with Gasteiger partial charge in [-0.2, -0.15) is 0 Å². The Labute approximate surface area is 110 Å². The van der Waals surface area contributed by atoms with Crippen LogP contribution in [0.25, 0.3) is 0 Å². The van der Waals surface area contributed by atoms with Crippen molar-refractivity contribution in [3.05, 3.63) is 54.1 Å². The standard InChI is InChI=1S/C14H13N3O2/c18-13-8-11(10-4-2-1-3-5-10)14(19)17(13)9-12-15-6-7-16-12/h1-7,11H,8-9H2,(H,15,16). The molecule has 2 aromatic rings. The molecular formula is C14H13N3O2. The Hall–Kier alpha value is -2.43. The Balaban J connectivity index is 1.81. The monoisotopic (exact) mass is 255 g/mol.